The van der Waals surface area contributed by atoms with E-state index >= 15 is 0 Å². The highest BCUT2D eigenvalue weighted by Gasteiger charge is 2.19. The van der Waals surface area contributed by atoms with Crippen molar-refractivity contribution in [2.45, 2.75) is 13.5 Å². The van der Waals surface area contributed by atoms with Crippen LogP contribution in [0.5, 0.6) is 0 Å². The molecule has 1 aromatic carbocycles. The molecule has 0 unspecified atom stereocenters. The van der Waals surface area contributed by atoms with Gasteiger partial charge < -0.3 is 5.32 Å². The predicted molar refractivity (Wildman–Crippen MR) is 74.4 cm³/mol. The van der Waals surface area contributed by atoms with Gasteiger partial charge in [-0.05, 0) is 24.1 Å². The van der Waals surface area contributed by atoms with Crippen LogP contribution in [0.4, 0.5) is 11.5 Å². The first kappa shape index (κ1) is 13.3. The van der Waals surface area contributed by atoms with Gasteiger partial charge in [-0.2, -0.15) is 0 Å². The lowest BCUT2D eigenvalue weighted by Crippen LogP contribution is -2.05. The molecule has 0 radical (unpaired) electrons. The molecule has 98 valence electrons. The zero-order chi connectivity index (χ0) is 13.8. The maximum Gasteiger partial charge on any atom is 0.329 e. The largest absolute Gasteiger partial charge is 0.360 e. The van der Waals surface area contributed by atoms with Crippen molar-refractivity contribution in [1.82, 2.24) is 4.98 Å². The summed E-state index contributed by atoms with van der Waals surface area (Å²) >= 11 is 5.82. The second-order valence-electron chi connectivity index (χ2n) is 4.03. The molecule has 19 heavy (non-hydrogen) atoms. The summed E-state index contributed by atoms with van der Waals surface area (Å²) in [4.78, 5) is 14.4. The number of aryl methyl sites for hydroxylation is 1. The summed E-state index contributed by atoms with van der Waals surface area (Å²) in [6.45, 7) is 2.44. The molecule has 2 aromatic rings. The van der Waals surface area contributed by atoms with Crippen molar-refractivity contribution in [3.8, 4) is 0 Å². The number of nitrogens with zero attached hydrogens (tertiary/aromatic N) is 2. The summed E-state index contributed by atoms with van der Waals surface area (Å²) in [5, 5.41) is 14.0. The Morgan fingerprint density at radius 3 is 2.79 bits per heavy atom. The molecular formula is C13H12ClN3O2. The van der Waals surface area contributed by atoms with Crippen LogP contribution in [-0.4, -0.2) is 9.91 Å². The van der Waals surface area contributed by atoms with Gasteiger partial charge in [-0.25, -0.2) is 4.98 Å². The van der Waals surface area contributed by atoms with Crippen LogP contribution in [0.3, 0.4) is 0 Å². The maximum atomic E-state index is 11.0. The molecule has 1 heterocycles. The van der Waals surface area contributed by atoms with Crippen LogP contribution in [-0.2, 0) is 6.54 Å². The fourth-order valence-corrected chi connectivity index (χ4v) is 1.94. The van der Waals surface area contributed by atoms with Crippen molar-refractivity contribution in [3.63, 3.8) is 0 Å². The molecule has 0 bridgehead atoms. The molecule has 0 aliphatic rings. The molecule has 2 rings (SSSR count). The Bertz CT molecular complexity index is 617. The number of hydrogen-bond acceptors (Lipinski definition) is 4. The van der Waals surface area contributed by atoms with Crippen LogP contribution in [0.1, 0.15) is 11.1 Å². The zero-order valence-corrected chi connectivity index (χ0v) is 11.0. The van der Waals surface area contributed by atoms with E-state index in [9.17, 15) is 10.1 Å². The average molecular weight is 278 g/mol. The van der Waals surface area contributed by atoms with Gasteiger partial charge in [-0.3, -0.25) is 10.1 Å². The molecule has 0 aliphatic heterocycles. The summed E-state index contributed by atoms with van der Waals surface area (Å²) in [6.07, 6.45) is 1.44. The number of pyridine rings is 1. The van der Waals surface area contributed by atoms with E-state index in [4.69, 9.17) is 11.6 Å². The van der Waals surface area contributed by atoms with Crippen molar-refractivity contribution < 1.29 is 4.92 Å². The summed E-state index contributed by atoms with van der Waals surface area (Å²) < 4.78 is 0. The fraction of sp³-hybridized carbons (Fsp3) is 0.154. The molecule has 1 aromatic heterocycles. The number of anilines is 1. The van der Waals surface area contributed by atoms with Gasteiger partial charge in [0.25, 0.3) is 0 Å². The van der Waals surface area contributed by atoms with E-state index in [-0.39, 0.29) is 16.5 Å². The molecule has 0 atom stereocenters. The highest BCUT2D eigenvalue weighted by Crippen LogP contribution is 2.30. The first-order valence-corrected chi connectivity index (χ1v) is 6.04. The molecule has 6 heteroatoms. The van der Waals surface area contributed by atoms with Gasteiger partial charge in [0.15, 0.2) is 0 Å². The fourth-order valence-electron chi connectivity index (χ4n) is 1.72. The maximum absolute atomic E-state index is 11.0. The normalized spacial score (nSPS) is 10.2. The molecule has 1 N–H and O–H groups in total. The SMILES string of the molecule is Cc1ccccc1CNc1nccc(Cl)c1[N+](=O)[O-]. The van der Waals surface area contributed by atoms with Gasteiger partial charge >= 0.3 is 5.69 Å². The van der Waals surface area contributed by atoms with Crippen molar-refractivity contribution in [2.24, 2.45) is 0 Å². The molecule has 0 saturated carbocycles. The lowest BCUT2D eigenvalue weighted by atomic mass is 10.1. The quantitative estimate of drug-likeness (QED) is 0.685. The standard InChI is InChI=1S/C13H12ClN3O2/c1-9-4-2-3-5-10(9)8-16-13-12(17(18)19)11(14)6-7-15-13/h2-7H,8H2,1H3,(H,15,16). The number of aromatic nitrogens is 1. The van der Waals surface area contributed by atoms with Crippen LogP contribution in [0.25, 0.3) is 0 Å². The minimum Gasteiger partial charge on any atom is -0.360 e. The van der Waals surface area contributed by atoms with E-state index in [0.29, 0.717) is 6.54 Å². The summed E-state index contributed by atoms with van der Waals surface area (Å²) in [7, 11) is 0. The molecule has 5 nitrogen and oxygen atoms in total. The number of hydrogen-bond donors (Lipinski definition) is 1. The number of rotatable bonds is 4. The van der Waals surface area contributed by atoms with Gasteiger partial charge in [0, 0.05) is 12.7 Å². The number of nitrogens with one attached hydrogen (secondary N) is 1. The first-order chi connectivity index (χ1) is 9.09. The second kappa shape index (κ2) is 5.67. The number of benzene rings is 1. The van der Waals surface area contributed by atoms with Crippen LogP contribution in [0.15, 0.2) is 36.5 Å². The third-order valence-electron chi connectivity index (χ3n) is 2.77. The van der Waals surface area contributed by atoms with Crippen molar-refractivity contribution >= 4 is 23.1 Å². The van der Waals surface area contributed by atoms with E-state index in [2.05, 4.69) is 10.3 Å². The van der Waals surface area contributed by atoms with Crippen molar-refractivity contribution in [2.75, 3.05) is 5.32 Å². The Hall–Kier alpha value is -2.14. The third kappa shape index (κ3) is 3.00. The van der Waals surface area contributed by atoms with Gasteiger partial charge in [0.2, 0.25) is 5.82 Å². The Morgan fingerprint density at radius 1 is 1.37 bits per heavy atom. The van der Waals surface area contributed by atoms with E-state index < -0.39 is 4.92 Å². The van der Waals surface area contributed by atoms with Gasteiger partial charge in [-0.15, -0.1) is 0 Å². The smallest absolute Gasteiger partial charge is 0.329 e. The van der Waals surface area contributed by atoms with E-state index in [1.807, 2.05) is 31.2 Å². The van der Waals surface area contributed by atoms with E-state index in [0.717, 1.165) is 11.1 Å². The predicted octanol–water partition coefficient (Wildman–Crippen LogP) is 3.56. The van der Waals surface area contributed by atoms with Gasteiger partial charge in [0.05, 0.1) is 4.92 Å². The van der Waals surface area contributed by atoms with Gasteiger partial charge in [-0.1, -0.05) is 35.9 Å². The number of halogens is 1. The Morgan fingerprint density at radius 2 is 2.11 bits per heavy atom. The molecular weight excluding hydrogens is 266 g/mol. The van der Waals surface area contributed by atoms with Crippen LogP contribution < -0.4 is 5.32 Å². The Kier molecular flexibility index (Phi) is 3.97. The van der Waals surface area contributed by atoms with E-state index in [1.54, 1.807) is 0 Å². The van der Waals surface area contributed by atoms with Crippen LogP contribution >= 0.6 is 11.6 Å². The zero-order valence-electron chi connectivity index (χ0n) is 10.3. The lowest BCUT2D eigenvalue weighted by Gasteiger charge is -2.08. The Balaban J connectivity index is 2.23. The topological polar surface area (TPSA) is 68.1 Å². The molecule has 0 aliphatic carbocycles. The molecule has 0 saturated heterocycles. The highest BCUT2D eigenvalue weighted by molar-refractivity contribution is 6.33. The summed E-state index contributed by atoms with van der Waals surface area (Å²) in [5.41, 5.74) is 1.97. The number of nitro groups is 1. The second-order valence-corrected chi connectivity index (χ2v) is 4.43. The minimum absolute atomic E-state index is 0.0762. The molecule has 0 amide bonds. The lowest BCUT2D eigenvalue weighted by molar-refractivity contribution is -0.384. The van der Waals surface area contributed by atoms with Crippen molar-refractivity contribution in [1.29, 1.82) is 0 Å². The molecule has 0 spiro atoms. The van der Waals surface area contributed by atoms with Crippen molar-refractivity contribution in [3.05, 3.63) is 62.8 Å². The van der Waals surface area contributed by atoms with Crippen LogP contribution in [0, 0.1) is 17.0 Å². The summed E-state index contributed by atoms with van der Waals surface area (Å²) in [5.74, 6) is 0.181. The van der Waals surface area contributed by atoms with Crippen LogP contribution in [0.2, 0.25) is 5.02 Å². The third-order valence-corrected chi connectivity index (χ3v) is 3.07. The minimum atomic E-state index is -0.532. The molecule has 0 fully saturated rings. The van der Waals surface area contributed by atoms with Gasteiger partial charge in [0.1, 0.15) is 5.02 Å². The highest BCUT2D eigenvalue weighted by atomic mass is 35.5. The monoisotopic (exact) mass is 277 g/mol. The van der Waals surface area contributed by atoms with E-state index in [1.165, 1.54) is 12.3 Å². The summed E-state index contributed by atoms with van der Waals surface area (Å²) in [6, 6.07) is 9.21. The first-order valence-electron chi connectivity index (χ1n) is 5.67. The average Bonchev–Trinajstić information content (AvgIpc) is 2.37. The Labute approximate surface area is 115 Å².